The van der Waals surface area contributed by atoms with Crippen molar-refractivity contribution in [3.63, 3.8) is 0 Å². The van der Waals surface area contributed by atoms with Crippen LogP contribution in [0.25, 0.3) is 0 Å². The van der Waals surface area contributed by atoms with Crippen LogP contribution in [0.15, 0.2) is 30.6 Å². The molecule has 26 heavy (non-hydrogen) atoms. The molecular weight excluding hydrogens is 331 g/mol. The molecule has 134 valence electrons. The van der Waals surface area contributed by atoms with Gasteiger partial charge in [-0.05, 0) is 25.0 Å². The Labute approximate surface area is 152 Å². The normalized spacial score (nSPS) is 17.5. The van der Waals surface area contributed by atoms with Gasteiger partial charge in [-0.2, -0.15) is 5.26 Å². The van der Waals surface area contributed by atoms with Gasteiger partial charge in [0, 0.05) is 45.3 Å². The van der Waals surface area contributed by atoms with Crippen molar-refractivity contribution >= 4 is 17.3 Å². The topological polar surface area (TPSA) is 59.3 Å². The average molecular weight is 352 g/mol. The zero-order valence-corrected chi connectivity index (χ0v) is 14.6. The van der Waals surface area contributed by atoms with Gasteiger partial charge in [-0.25, -0.2) is 14.4 Å². The minimum atomic E-state index is -0.337. The smallest absolute Gasteiger partial charge is 0.147 e. The third-order valence-electron chi connectivity index (χ3n) is 5.10. The third kappa shape index (κ3) is 3.15. The number of anilines is 3. The number of benzene rings is 1. The highest BCUT2D eigenvalue weighted by atomic mass is 19.1. The van der Waals surface area contributed by atoms with Gasteiger partial charge in [-0.15, -0.1) is 0 Å². The first-order valence-corrected chi connectivity index (χ1v) is 9.02. The summed E-state index contributed by atoms with van der Waals surface area (Å²) in [6.07, 6.45) is 4.05. The van der Waals surface area contributed by atoms with Gasteiger partial charge in [0.15, 0.2) is 0 Å². The van der Waals surface area contributed by atoms with E-state index in [9.17, 15) is 9.65 Å². The second-order valence-electron chi connectivity index (χ2n) is 6.65. The summed E-state index contributed by atoms with van der Waals surface area (Å²) in [6.45, 7) is 4.87. The van der Waals surface area contributed by atoms with Crippen LogP contribution in [-0.2, 0) is 0 Å². The van der Waals surface area contributed by atoms with E-state index in [4.69, 9.17) is 0 Å². The molecule has 0 spiro atoms. The lowest BCUT2D eigenvalue weighted by Gasteiger charge is -2.37. The number of nitrogens with zero attached hydrogens (tertiary/aromatic N) is 6. The first kappa shape index (κ1) is 16.6. The van der Waals surface area contributed by atoms with E-state index in [0.717, 1.165) is 37.8 Å². The monoisotopic (exact) mass is 352 g/mol. The third-order valence-corrected chi connectivity index (χ3v) is 5.10. The van der Waals surface area contributed by atoms with Gasteiger partial charge in [0.05, 0.1) is 11.3 Å². The first-order chi connectivity index (χ1) is 12.8. The predicted octanol–water partition coefficient (Wildman–Crippen LogP) is 2.41. The molecule has 0 radical (unpaired) electrons. The number of halogens is 1. The molecule has 0 bridgehead atoms. The maximum atomic E-state index is 14.2. The summed E-state index contributed by atoms with van der Waals surface area (Å²) < 4.78 is 14.2. The van der Waals surface area contributed by atoms with Crippen LogP contribution in [-0.4, -0.2) is 49.2 Å². The van der Waals surface area contributed by atoms with Crippen molar-refractivity contribution in [3.05, 3.63) is 42.0 Å². The van der Waals surface area contributed by atoms with Crippen molar-refractivity contribution in [2.24, 2.45) is 0 Å². The minimum absolute atomic E-state index is 0.337. The molecule has 0 amide bonds. The van der Waals surface area contributed by atoms with Crippen LogP contribution in [0.5, 0.6) is 0 Å². The SMILES string of the molecule is N#Cc1cccc(F)c1N1CCN(c2cc(N3CCCC3)ncn2)CC1. The van der Waals surface area contributed by atoms with Crippen molar-refractivity contribution in [1.29, 1.82) is 5.26 Å². The Bertz CT molecular complexity index is 819. The van der Waals surface area contributed by atoms with E-state index >= 15 is 0 Å². The Balaban J connectivity index is 1.48. The van der Waals surface area contributed by atoms with Gasteiger partial charge >= 0.3 is 0 Å². The van der Waals surface area contributed by atoms with E-state index in [1.807, 2.05) is 11.0 Å². The molecule has 2 aliphatic heterocycles. The van der Waals surface area contributed by atoms with Crippen LogP contribution in [0.4, 0.5) is 21.7 Å². The highest BCUT2D eigenvalue weighted by Gasteiger charge is 2.23. The molecule has 4 rings (SSSR count). The lowest BCUT2D eigenvalue weighted by atomic mass is 10.1. The Morgan fingerprint density at radius 3 is 2.15 bits per heavy atom. The predicted molar refractivity (Wildman–Crippen MR) is 99.0 cm³/mol. The molecule has 1 aromatic carbocycles. The maximum absolute atomic E-state index is 14.2. The molecule has 0 unspecified atom stereocenters. The molecule has 2 fully saturated rings. The zero-order valence-electron chi connectivity index (χ0n) is 14.6. The number of piperazine rings is 1. The molecule has 6 nitrogen and oxygen atoms in total. The van der Waals surface area contributed by atoms with Crippen molar-refractivity contribution in [2.45, 2.75) is 12.8 Å². The second-order valence-corrected chi connectivity index (χ2v) is 6.65. The van der Waals surface area contributed by atoms with Crippen LogP contribution in [0.3, 0.4) is 0 Å². The molecule has 2 aliphatic rings. The van der Waals surface area contributed by atoms with Crippen molar-refractivity contribution in [3.8, 4) is 6.07 Å². The first-order valence-electron chi connectivity index (χ1n) is 9.02. The van der Waals surface area contributed by atoms with Crippen LogP contribution < -0.4 is 14.7 Å². The van der Waals surface area contributed by atoms with E-state index in [1.165, 1.54) is 18.9 Å². The zero-order chi connectivity index (χ0) is 17.9. The fraction of sp³-hybridized carbons (Fsp3) is 0.421. The molecule has 1 aromatic heterocycles. The number of para-hydroxylation sites is 1. The number of hydrogen-bond acceptors (Lipinski definition) is 6. The van der Waals surface area contributed by atoms with Gasteiger partial charge in [0.2, 0.25) is 0 Å². The maximum Gasteiger partial charge on any atom is 0.147 e. The van der Waals surface area contributed by atoms with Crippen molar-refractivity contribution in [1.82, 2.24) is 9.97 Å². The molecule has 7 heteroatoms. The summed E-state index contributed by atoms with van der Waals surface area (Å²) in [5, 5.41) is 9.26. The summed E-state index contributed by atoms with van der Waals surface area (Å²) in [5.41, 5.74) is 0.798. The van der Waals surface area contributed by atoms with Gasteiger partial charge in [0.25, 0.3) is 0 Å². The average Bonchev–Trinajstić information content (AvgIpc) is 3.23. The second kappa shape index (κ2) is 7.16. The molecule has 2 saturated heterocycles. The Hall–Kier alpha value is -2.88. The summed E-state index contributed by atoms with van der Waals surface area (Å²) >= 11 is 0. The number of hydrogen-bond donors (Lipinski definition) is 0. The Morgan fingerprint density at radius 2 is 1.50 bits per heavy atom. The van der Waals surface area contributed by atoms with Crippen LogP contribution >= 0.6 is 0 Å². The fourth-order valence-corrected chi connectivity index (χ4v) is 3.72. The van der Waals surface area contributed by atoms with E-state index < -0.39 is 0 Å². The standard InChI is InChI=1S/C19H21FN6/c20-16-5-3-4-15(13-21)19(16)26-10-8-25(9-11-26)18-12-17(22-14-23-18)24-6-1-2-7-24/h3-5,12,14H,1-2,6-11H2. The Morgan fingerprint density at radius 1 is 0.885 bits per heavy atom. The highest BCUT2D eigenvalue weighted by molar-refractivity contribution is 5.61. The number of nitriles is 1. The van der Waals surface area contributed by atoms with Crippen LogP contribution in [0, 0.1) is 17.1 Å². The quantitative estimate of drug-likeness (QED) is 0.845. The Kier molecular flexibility index (Phi) is 4.57. The summed E-state index contributed by atoms with van der Waals surface area (Å²) in [5.74, 6) is 1.56. The highest BCUT2D eigenvalue weighted by Crippen LogP contribution is 2.27. The molecule has 2 aromatic rings. The van der Waals surface area contributed by atoms with Gasteiger partial charge in [-0.3, -0.25) is 0 Å². The molecule has 0 aliphatic carbocycles. The molecule has 0 atom stereocenters. The minimum Gasteiger partial charge on any atom is -0.365 e. The van der Waals surface area contributed by atoms with E-state index in [1.54, 1.807) is 18.5 Å². The lowest BCUT2D eigenvalue weighted by molar-refractivity contribution is 0.595. The van der Waals surface area contributed by atoms with E-state index in [2.05, 4.69) is 25.8 Å². The van der Waals surface area contributed by atoms with Gasteiger partial charge in [0.1, 0.15) is 29.8 Å². The number of aromatic nitrogens is 2. The largest absolute Gasteiger partial charge is 0.365 e. The summed E-state index contributed by atoms with van der Waals surface area (Å²) in [7, 11) is 0. The fourth-order valence-electron chi connectivity index (χ4n) is 3.72. The number of rotatable bonds is 3. The molecular formula is C19H21FN6. The van der Waals surface area contributed by atoms with Crippen molar-refractivity contribution in [2.75, 3.05) is 54.0 Å². The van der Waals surface area contributed by atoms with E-state index in [0.29, 0.717) is 24.3 Å². The van der Waals surface area contributed by atoms with E-state index in [-0.39, 0.29) is 5.82 Å². The van der Waals surface area contributed by atoms with Crippen molar-refractivity contribution < 1.29 is 4.39 Å². The van der Waals surface area contributed by atoms with Gasteiger partial charge in [-0.1, -0.05) is 6.07 Å². The lowest BCUT2D eigenvalue weighted by Crippen LogP contribution is -2.47. The molecule has 0 N–H and O–H groups in total. The summed E-state index contributed by atoms with van der Waals surface area (Å²) in [6, 6.07) is 8.79. The summed E-state index contributed by atoms with van der Waals surface area (Å²) in [4.78, 5) is 15.3. The molecule has 3 heterocycles. The van der Waals surface area contributed by atoms with Crippen LogP contribution in [0.1, 0.15) is 18.4 Å². The van der Waals surface area contributed by atoms with Gasteiger partial charge < -0.3 is 14.7 Å². The van der Waals surface area contributed by atoms with Crippen LogP contribution in [0.2, 0.25) is 0 Å². The molecule has 0 saturated carbocycles.